The average molecular weight is 492 g/mol. The Kier molecular flexibility index (Phi) is 8.26. The number of aryl methyl sites for hydroxylation is 1. The van der Waals surface area contributed by atoms with Crippen molar-refractivity contribution >= 4 is 11.7 Å². The van der Waals surface area contributed by atoms with Crippen molar-refractivity contribution in [3.05, 3.63) is 83.2 Å². The van der Waals surface area contributed by atoms with Gasteiger partial charge in [-0.25, -0.2) is 4.39 Å². The number of ether oxygens (including phenoxy) is 2. The fourth-order valence-corrected chi connectivity index (χ4v) is 4.93. The van der Waals surface area contributed by atoms with E-state index >= 15 is 0 Å². The number of methoxy groups -OCH3 is 1. The Morgan fingerprint density at radius 3 is 2.56 bits per heavy atom. The zero-order chi connectivity index (χ0) is 25.7. The number of carbonyl (C=O) groups is 1. The molecule has 0 aromatic heterocycles. The van der Waals surface area contributed by atoms with Gasteiger partial charge in [-0.15, -0.1) is 0 Å². The van der Waals surface area contributed by atoms with Gasteiger partial charge in [0.25, 0.3) is 0 Å². The predicted molar refractivity (Wildman–Crippen MR) is 140 cm³/mol. The SMILES string of the molecule is CCCO[C@@H]1C[C@H](CC(=O)O)N(c2ccc(Cc3ccc(-c4cc(OC)ccc4F)cc3C)cc2)C1. The van der Waals surface area contributed by atoms with Crippen molar-refractivity contribution < 1.29 is 23.8 Å². The van der Waals surface area contributed by atoms with Gasteiger partial charge in [0.2, 0.25) is 0 Å². The summed E-state index contributed by atoms with van der Waals surface area (Å²) in [6, 6.07) is 19.1. The second-order valence-corrected chi connectivity index (χ2v) is 9.46. The lowest BCUT2D eigenvalue weighted by molar-refractivity contribution is -0.137. The standard InChI is InChI=1S/C30H34FNO4/c1-4-13-36-27-16-25(17-30(33)34)32(19-27)24-9-5-21(6-10-24)15-22-7-8-23(14-20(22)2)28-18-26(35-3)11-12-29(28)31/h5-12,14,18,25,27H,4,13,15-17,19H2,1-3H3,(H,33,34)/t25-,27-/m1/s1. The summed E-state index contributed by atoms with van der Waals surface area (Å²) in [7, 11) is 1.57. The maximum absolute atomic E-state index is 14.4. The monoisotopic (exact) mass is 491 g/mol. The van der Waals surface area contributed by atoms with E-state index in [0.29, 0.717) is 24.5 Å². The Morgan fingerprint density at radius 2 is 1.89 bits per heavy atom. The lowest BCUT2D eigenvalue weighted by atomic mass is 9.95. The Balaban J connectivity index is 1.48. The first-order valence-corrected chi connectivity index (χ1v) is 12.5. The summed E-state index contributed by atoms with van der Waals surface area (Å²) in [6.07, 6.45) is 2.60. The van der Waals surface area contributed by atoms with Gasteiger partial charge in [-0.05, 0) is 78.8 Å². The van der Waals surface area contributed by atoms with E-state index in [-0.39, 0.29) is 24.4 Å². The number of carboxylic acids is 1. The summed E-state index contributed by atoms with van der Waals surface area (Å²) in [4.78, 5) is 13.6. The molecule has 36 heavy (non-hydrogen) atoms. The van der Waals surface area contributed by atoms with Crippen molar-refractivity contribution in [2.24, 2.45) is 0 Å². The molecular formula is C30H34FNO4. The summed E-state index contributed by atoms with van der Waals surface area (Å²) in [6.45, 7) is 5.52. The molecule has 3 aromatic rings. The number of carboxylic acid groups (broad SMARTS) is 1. The van der Waals surface area contributed by atoms with Crippen LogP contribution in [0.5, 0.6) is 5.75 Å². The largest absolute Gasteiger partial charge is 0.497 e. The molecule has 1 aliphatic heterocycles. The lowest BCUT2D eigenvalue weighted by Crippen LogP contribution is -2.31. The van der Waals surface area contributed by atoms with Crippen LogP contribution >= 0.6 is 0 Å². The Labute approximate surface area is 212 Å². The lowest BCUT2D eigenvalue weighted by Gasteiger charge is -2.25. The fraction of sp³-hybridized carbons (Fsp3) is 0.367. The molecule has 0 radical (unpaired) electrons. The number of halogens is 1. The molecule has 190 valence electrons. The highest BCUT2D eigenvalue weighted by atomic mass is 19.1. The molecule has 1 fully saturated rings. The molecule has 4 rings (SSSR count). The van der Waals surface area contributed by atoms with Crippen LogP contribution in [0.15, 0.2) is 60.7 Å². The molecule has 0 bridgehead atoms. The van der Waals surface area contributed by atoms with Crippen molar-refractivity contribution in [1.82, 2.24) is 0 Å². The molecule has 1 heterocycles. The van der Waals surface area contributed by atoms with E-state index < -0.39 is 5.97 Å². The Hall–Kier alpha value is -3.38. The first-order chi connectivity index (χ1) is 17.4. The smallest absolute Gasteiger partial charge is 0.305 e. The van der Waals surface area contributed by atoms with E-state index in [1.54, 1.807) is 19.2 Å². The molecule has 1 aliphatic rings. The summed E-state index contributed by atoms with van der Waals surface area (Å²) >= 11 is 0. The van der Waals surface area contributed by atoms with Gasteiger partial charge >= 0.3 is 5.97 Å². The highest BCUT2D eigenvalue weighted by molar-refractivity contribution is 5.69. The molecule has 0 aliphatic carbocycles. The molecule has 6 heteroatoms. The van der Waals surface area contributed by atoms with Crippen LogP contribution in [0.25, 0.3) is 11.1 Å². The number of benzene rings is 3. The van der Waals surface area contributed by atoms with E-state index in [0.717, 1.165) is 41.6 Å². The van der Waals surface area contributed by atoms with E-state index in [1.807, 2.05) is 19.1 Å². The van der Waals surface area contributed by atoms with Crippen LogP contribution in [-0.4, -0.2) is 43.5 Å². The highest BCUT2D eigenvalue weighted by Gasteiger charge is 2.34. The molecule has 0 spiro atoms. The maximum Gasteiger partial charge on any atom is 0.305 e. The molecule has 0 saturated carbocycles. The predicted octanol–water partition coefficient (Wildman–Crippen LogP) is 6.25. The number of aliphatic carboxylic acids is 1. The van der Waals surface area contributed by atoms with Gasteiger partial charge in [-0.2, -0.15) is 0 Å². The van der Waals surface area contributed by atoms with Gasteiger partial charge in [-0.3, -0.25) is 4.79 Å². The normalized spacial score (nSPS) is 17.4. The van der Waals surface area contributed by atoms with E-state index in [2.05, 4.69) is 42.2 Å². The molecule has 2 atom stereocenters. The number of hydrogen-bond donors (Lipinski definition) is 1. The molecule has 1 saturated heterocycles. The minimum Gasteiger partial charge on any atom is -0.497 e. The quantitative estimate of drug-likeness (QED) is 0.363. The fourth-order valence-electron chi connectivity index (χ4n) is 4.93. The van der Waals surface area contributed by atoms with Crippen LogP contribution < -0.4 is 9.64 Å². The van der Waals surface area contributed by atoms with Gasteiger partial charge in [-0.1, -0.05) is 37.3 Å². The van der Waals surface area contributed by atoms with Crippen LogP contribution in [0.4, 0.5) is 10.1 Å². The van der Waals surface area contributed by atoms with E-state index in [4.69, 9.17) is 9.47 Å². The second-order valence-electron chi connectivity index (χ2n) is 9.46. The summed E-state index contributed by atoms with van der Waals surface area (Å²) in [5.41, 5.74) is 5.80. The van der Waals surface area contributed by atoms with Crippen LogP contribution in [0.1, 0.15) is 42.9 Å². The minimum absolute atomic E-state index is 0.0598. The van der Waals surface area contributed by atoms with Crippen LogP contribution in [0, 0.1) is 12.7 Å². The van der Waals surface area contributed by atoms with Gasteiger partial charge in [0.05, 0.1) is 19.6 Å². The van der Waals surface area contributed by atoms with Crippen LogP contribution in [0.2, 0.25) is 0 Å². The summed E-state index contributed by atoms with van der Waals surface area (Å²) in [5, 5.41) is 9.37. The minimum atomic E-state index is -0.787. The zero-order valence-electron chi connectivity index (χ0n) is 21.2. The Bertz CT molecular complexity index is 1190. The van der Waals surface area contributed by atoms with Crippen molar-refractivity contribution in [1.29, 1.82) is 0 Å². The summed E-state index contributed by atoms with van der Waals surface area (Å²) < 4.78 is 25.6. The van der Waals surface area contributed by atoms with Gasteiger partial charge in [0.15, 0.2) is 0 Å². The van der Waals surface area contributed by atoms with Gasteiger partial charge in [0.1, 0.15) is 11.6 Å². The number of rotatable bonds is 10. The van der Waals surface area contributed by atoms with E-state index in [1.165, 1.54) is 11.6 Å². The molecule has 0 amide bonds. The third kappa shape index (κ3) is 6.05. The van der Waals surface area contributed by atoms with Crippen molar-refractivity contribution in [3.8, 4) is 16.9 Å². The van der Waals surface area contributed by atoms with Gasteiger partial charge < -0.3 is 19.5 Å². The molecule has 0 unspecified atom stereocenters. The molecule has 3 aromatic carbocycles. The average Bonchev–Trinajstić information content (AvgIpc) is 3.26. The summed E-state index contributed by atoms with van der Waals surface area (Å²) in [5.74, 6) is -0.436. The van der Waals surface area contributed by atoms with Gasteiger partial charge in [0, 0.05) is 30.4 Å². The van der Waals surface area contributed by atoms with E-state index in [9.17, 15) is 14.3 Å². The third-order valence-electron chi connectivity index (χ3n) is 6.83. The zero-order valence-corrected chi connectivity index (χ0v) is 21.2. The van der Waals surface area contributed by atoms with Crippen molar-refractivity contribution in [3.63, 3.8) is 0 Å². The highest BCUT2D eigenvalue weighted by Crippen LogP contribution is 2.31. The molecule has 5 nitrogen and oxygen atoms in total. The van der Waals surface area contributed by atoms with Crippen molar-refractivity contribution in [2.45, 2.75) is 51.7 Å². The first-order valence-electron chi connectivity index (χ1n) is 12.5. The third-order valence-corrected chi connectivity index (χ3v) is 6.83. The number of anilines is 1. The molecule has 1 N–H and O–H groups in total. The first kappa shape index (κ1) is 25.7. The van der Waals surface area contributed by atoms with Crippen LogP contribution in [-0.2, 0) is 16.0 Å². The van der Waals surface area contributed by atoms with Crippen LogP contribution in [0.3, 0.4) is 0 Å². The van der Waals surface area contributed by atoms with Crippen molar-refractivity contribution in [2.75, 3.05) is 25.2 Å². The Morgan fingerprint density at radius 1 is 1.11 bits per heavy atom. The number of hydrogen-bond acceptors (Lipinski definition) is 4. The maximum atomic E-state index is 14.4. The second kappa shape index (κ2) is 11.6. The topological polar surface area (TPSA) is 59.0 Å². The molecular weight excluding hydrogens is 457 g/mol. The number of nitrogens with zero attached hydrogens (tertiary/aromatic N) is 1.